The number of hydrogen-bond donors (Lipinski definition) is 2. The number of carboxylic acid groups (broad SMARTS) is 1. The van der Waals surface area contributed by atoms with E-state index in [4.69, 9.17) is 11.6 Å². The Kier molecular flexibility index (Phi) is 4.80. The molecule has 4 heteroatoms. The highest BCUT2D eigenvalue weighted by molar-refractivity contribution is 6.30. The highest BCUT2D eigenvalue weighted by Gasteiger charge is 2.07. The Labute approximate surface area is 122 Å². The first-order valence-corrected chi connectivity index (χ1v) is 6.51. The Hall–Kier alpha value is -2.26. The summed E-state index contributed by atoms with van der Waals surface area (Å²) in [5.74, 6) is -0.941. The highest BCUT2D eigenvalue weighted by atomic mass is 35.5. The van der Waals surface area contributed by atoms with Crippen LogP contribution in [-0.4, -0.2) is 17.6 Å². The maximum Gasteiger partial charge on any atom is 0.333 e. The van der Waals surface area contributed by atoms with Crippen molar-refractivity contribution in [2.24, 2.45) is 0 Å². The van der Waals surface area contributed by atoms with Crippen molar-refractivity contribution in [1.29, 1.82) is 0 Å². The van der Waals surface area contributed by atoms with Gasteiger partial charge in [0.15, 0.2) is 0 Å². The zero-order valence-electron chi connectivity index (χ0n) is 10.7. The van der Waals surface area contributed by atoms with Gasteiger partial charge in [0.1, 0.15) is 0 Å². The smallest absolute Gasteiger partial charge is 0.333 e. The topological polar surface area (TPSA) is 49.3 Å². The number of halogens is 1. The Morgan fingerprint density at radius 2 is 1.75 bits per heavy atom. The van der Waals surface area contributed by atoms with Crippen LogP contribution >= 0.6 is 11.6 Å². The second-order valence-electron chi connectivity index (χ2n) is 4.25. The van der Waals surface area contributed by atoms with Crippen LogP contribution < -0.4 is 5.32 Å². The van der Waals surface area contributed by atoms with E-state index in [1.807, 2.05) is 30.3 Å². The van der Waals surface area contributed by atoms with Gasteiger partial charge >= 0.3 is 5.97 Å². The molecule has 2 N–H and O–H groups in total. The van der Waals surface area contributed by atoms with Gasteiger partial charge in [-0.25, -0.2) is 4.79 Å². The SMILES string of the molecule is O=C(O)/C(=C/c1ccc(Cl)cc1)CNc1ccccc1. The van der Waals surface area contributed by atoms with E-state index in [1.54, 1.807) is 30.3 Å². The van der Waals surface area contributed by atoms with Crippen LogP contribution in [0.25, 0.3) is 6.08 Å². The van der Waals surface area contributed by atoms with Crippen LogP contribution in [0.4, 0.5) is 5.69 Å². The fourth-order valence-electron chi connectivity index (χ4n) is 1.70. The fourth-order valence-corrected chi connectivity index (χ4v) is 1.83. The summed E-state index contributed by atoms with van der Waals surface area (Å²) in [6, 6.07) is 16.5. The minimum atomic E-state index is -0.941. The lowest BCUT2D eigenvalue weighted by molar-refractivity contribution is -0.132. The molecule has 20 heavy (non-hydrogen) atoms. The van der Waals surface area contributed by atoms with Crippen molar-refractivity contribution >= 4 is 29.3 Å². The average Bonchev–Trinajstić information content (AvgIpc) is 2.46. The summed E-state index contributed by atoms with van der Waals surface area (Å²) in [5.41, 5.74) is 1.98. The van der Waals surface area contributed by atoms with E-state index in [9.17, 15) is 9.90 Å². The van der Waals surface area contributed by atoms with Gasteiger partial charge in [0.2, 0.25) is 0 Å². The van der Waals surface area contributed by atoms with E-state index >= 15 is 0 Å². The molecule has 0 fully saturated rings. The van der Waals surface area contributed by atoms with Gasteiger partial charge in [0.05, 0.1) is 5.57 Å². The molecule has 0 bridgehead atoms. The zero-order valence-corrected chi connectivity index (χ0v) is 11.5. The van der Waals surface area contributed by atoms with Crippen molar-refractivity contribution in [3.8, 4) is 0 Å². The quantitative estimate of drug-likeness (QED) is 0.820. The fraction of sp³-hybridized carbons (Fsp3) is 0.0625. The van der Waals surface area contributed by atoms with Crippen LogP contribution in [0.15, 0.2) is 60.2 Å². The first kappa shape index (κ1) is 14.2. The van der Waals surface area contributed by atoms with Crippen LogP contribution in [-0.2, 0) is 4.79 Å². The van der Waals surface area contributed by atoms with Crippen LogP contribution in [0.1, 0.15) is 5.56 Å². The normalized spacial score (nSPS) is 11.2. The number of aliphatic carboxylic acids is 1. The lowest BCUT2D eigenvalue weighted by Crippen LogP contribution is -2.12. The minimum absolute atomic E-state index is 0.252. The number of rotatable bonds is 5. The summed E-state index contributed by atoms with van der Waals surface area (Å²) >= 11 is 5.80. The van der Waals surface area contributed by atoms with Crippen molar-refractivity contribution in [3.63, 3.8) is 0 Å². The van der Waals surface area contributed by atoms with E-state index < -0.39 is 5.97 Å². The molecule has 2 rings (SSSR count). The Bertz CT molecular complexity index is 606. The number of para-hydroxylation sites is 1. The number of benzene rings is 2. The number of nitrogens with one attached hydrogen (secondary N) is 1. The third kappa shape index (κ3) is 4.14. The van der Waals surface area contributed by atoms with E-state index in [0.717, 1.165) is 11.3 Å². The van der Waals surface area contributed by atoms with Crippen molar-refractivity contribution in [1.82, 2.24) is 0 Å². The molecule has 0 atom stereocenters. The van der Waals surface area contributed by atoms with Gasteiger partial charge in [0, 0.05) is 17.3 Å². The van der Waals surface area contributed by atoms with Crippen molar-refractivity contribution in [2.45, 2.75) is 0 Å². The Morgan fingerprint density at radius 1 is 1.10 bits per heavy atom. The van der Waals surface area contributed by atoms with E-state index in [-0.39, 0.29) is 12.1 Å². The molecule has 102 valence electrons. The van der Waals surface area contributed by atoms with Crippen LogP contribution in [0.5, 0.6) is 0 Å². The standard InChI is InChI=1S/C16H14ClNO2/c17-14-8-6-12(7-9-14)10-13(16(19)20)11-18-15-4-2-1-3-5-15/h1-10,18H,11H2,(H,19,20)/b13-10+. The second-order valence-corrected chi connectivity index (χ2v) is 4.68. The first-order chi connectivity index (χ1) is 9.65. The molecule has 2 aromatic carbocycles. The molecular formula is C16H14ClNO2. The van der Waals surface area contributed by atoms with Crippen LogP contribution in [0, 0.1) is 0 Å². The maximum atomic E-state index is 11.3. The average molecular weight is 288 g/mol. The molecule has 0 radical (unpaired) electrons. The molecule has 0 saturated carbocycles. The van der Waals surface area contributed by atoms with Crippen LogP contribution in [0.2, 0.25) is 5.02 Å². The summed E-state index contributed by atoms with van der Waals surface area (Å²) in [5, 5.41) is 12.9. The maximum absolute atomic E-state index is 11.3. The lowest BCUT2D eigenvalue weighted by Gasteiger charge is -2.07. The third-order valence-electron chi connectivity index (χ3n) is 2.74. The molecular weight excluding hydrogens is 274 g/mol. The van der Waals surface area contributed by atoms with Gasteiger partial charge < -0.3 is 10.4 Å². The lowest BCUT2D eigenvalue weighted by atomic mass is 10.1. The van der Waals surface area contributed by atoms with Gasteiger partial charge in [0.25, 0.3) is 0 Å². The predicted molar refractivity (Wildman–Crippen MR) is 82.0 cm³/mol. The number of anilines is 1. The molecule has 0 amide bonds. The first-order valence-electron chi connectivity index (χ1n) is 6.13. The number of carboxylic acids is 1. The number of hydrogen-bond acceptors (Lipinski definition) is 2. The summed E-state index contributed by atoms with van der Waals surface area (Å²) in [7, 11) is 0. The van der Waals surface area contributed by atoms with Gasteiger partial charge in [-0.3, -0.25) is 0 Å². The molecule has 2 aromatic rings. The minimum Gasteiger partial charge on any atom is -0.478 e. The molecule has 3 nitrogen and oxygen atoms in total. The Balaban J connectivity index is 2.11. The van der Waals surface area contributed by atoms with E-state index in [2.05, 4.69) is 5.32 Å². The summed E-state index contributed by atoms with van der Waals surface area (Å²) in [6.45, 7) is 0.252. The Morgan fingerprint density at radius 3 is 2.35 bits per heavy atom. The number of carbonyl (C=O) groups is 1. The molecule has 0 aliphatic carbocycles. The monoisotopic (exact) mass is 287 g/mol. The van der Waals surface area contributed by atoms with E-state index in [1.165, 1.54) is 0 Å². The molecule has 0 unspecified atom stereocenters. The summed E-state index contributed by atoms with van der Waals surface area (Å²) in [6.07, 6.45) is 1.63. The molecule has 0 spiro atoms. The van der Waals surface area contributed by atoms with Gasteiger partial charge in [-0.05, 0) is 35.9 Å². The summed E-state index contributed by atoms with van der Waals surface area (Å²) < 4.78 is 0. The zero-order chi connectivity index (χ0) is 14.4. The van der Waals surface area contributed by atoms with Crippen molar-refractivity contribution in [2.75, 3.05) is 11.9 Å². The largest absolute Gasteiger partial charge is 0.478 e. The third-order valence-corrected chi connectivity index (χ3v) is 2.99. The predicted octanol–water partition coefficient (Wildman–Crippen LogP) is 3.92. The van der Waals surface area contributed by atoms with Crippen molar-refractivity contribution < 1.29 is 9.90 Å². The molecule has 0 aromatic heterocycles. The molecule has 0 saturated heterocycles. The van der Waals surface area contributed by atoms with E-state index in [0.29, 0.717) is 5.02 Å². The van der Waals surface area contributed by atoms with Gasteiger partial charge in [-0.1, -0.05) is 41.9 Å². The molecule has 0 aliphatic heterocycles. The molecule has 0 heterocycles. The van der Waals surface area contributed by atoms with Crippen molar-refractivity contribution in [3.05, 3.63) is 70.8 Å². The van der Waals surface area contributed by atoms with Gasteiger partial charge in [-0.2, -0.15) is 0 Å². The summed E-state index contributed by atoms with van der Waals surface area (Å²) in [4.78, 5) is 11.3. The van der Waals surface area contributed by atoms with Crippen LogP contribution in [0.3, 0.4) is 0 Å². The molecule has 0 aliphatic rings. The second kappa shape index (κ2) is 6.78. The highest BCUT2D eigenvalue weighted by Crippen LogP contribution is 2.13. The van der Waals surface area contributed by atoms with Gasteiger partial charge in [-0.15, -0.1) is 0 Å².